The first-order chi connectivity index (χ1) is 18.8. The minimum Gasteiger partial charge on any atom is -0.478 e. The lowest BCUT2D eigenvalue weighted by Crippen LogP contribution is -2.25. The molecule has 0 saturated heterocycles. The Labute approximate surface area is 235 Å². The van der Waals surface area contributed by atoms with Gasteiger partial charge in [-0.05, 0) is 69.4 Å². The number of hydrogen-bond donors (Lipinski definition) is 1. The molecule has 0 aliphatic heterocycles. The third-order valence-electron chi connectivity index (χ3n) is 5.88. The van der Waals surface area contributed by atoms with Gasteiger partial charge in [0.1, 0.15) is 17.1 Å². The molecule has 0 saturated carbocycles. The van der Waals surface area contributed by atoms with Crippen LogP contribution in [0.4, 0.5) is 0 Å². The van der Waals surface area contributed by atoms with E-state index >= 15 is 0 Å². The highest BCUT2D eigenvalue weighted by molar-refractivity contribution is 5.92. The van der Waals surface area contributed by atoms with E-state index < -0.39 is 17.9 Å². The van der Waals surface area contributed by atoms with Crippen LogP contribution in [-0.4, -0.2) is 22.8 Å². The van der Waals surface area contributed by atoms with E-state index in [0.717, 1.165) is 44.9 Å². The molecule has 1 aromatic rings. The lowest BCUT2D eigenvalue weighted by atomic mass is 9.91. The normalized spacial score (nSPS) is 13.0. The van der Waals surface area contributed by atoms with E-state index in [1.807, 2.05) is 13.8 Å². The van der Waals surface area contributed by atoms with Crippen LogP contribution >= 0.6 is 0 Å². The van der Waals surface area contributed by atoms with Crippen LogP contribution in [0.1, 0.15) is 95.3 Å². The number of ketones is 1. The summed E-state index contributed by atoms with van der Waals surface area (Å²) in [4.78, 5) is 36.8. The Hall–Kier alpha value is -3.47. The minimum atomic E-state index is -1.16. The average Bonchev–Trinajstić information content (AvgIpc) is 2.90. The quantitative estimate of drug-likeness (QED) is 0.0782. The Morgan fingerprint density at radius 1 is 0.821 bits per heavy atom. The SMILES string of the molecule is CC/C=C\C/C=C\C/C=C\C/C=C\C/C=C\CCCC(=O)CC(CC(C)C)C(=O)Oc1ccccc1C(=O)O. The number of allylic oxidation sites excluding steroid dienone is 10. The number of benzene rings is 1. The van der Waals surface area contributed by atoms with Gasteiger partial charge < -0.3 is 9.84 Å². The van der Waals surface area contributed by atoms with Gasteiger partial charge in [0.25, 0.3) is 0 Å². The lowest BCUT2D eigenvalue weighted by Gasteiger charge is -2.18. The standard InChI is InChI=1S/C34H46O5/c1-4-5-6-7-8-9-10-11-12-13-14-15-16-17-18-19-20-23-30(35)27-29(26-28(2)3)34(38)39-32-25-22-21-24-31(32)33(36)37/h5-6,8-9,11-12,14-15,17-18,21-22,24-25,28-29H,4,7,10,13,16,19-20,23,26-27H2,1-3H3,(H,36,37)/b6-5-,9-8-,12-11-,15-14-,18-17-. The second kappa shape index (κ2) is 21.5. The Bertz CT molecular complexity index is 1010. The van der Waals surface area contributed by atoms with E-state index in [1.165, 1.54) is 12.1 Å². The maximum atomic E-state index is 12.8. The van der Waals surface area contributed by atoms with E-state index in [1.54, 1.807) is 12.1 Å². The third-order valence-corrected chi connectivity index (χ3v) is 5.88. The molecule has 1 aromatic carbocycles. The molecule has 0 aliphatic carbocycles. The number of carboxylic acid groups (broad SMARTS) is 1. The number of para-hydroxylation sites is 1. The summed E-state index contributed by atoms with van der Waals surface area (Å²) in [5.41, 5.74) is -0.0717. The molecule has 1 N–H and O–H groups in total. The number of carboxylic acids is 1. The van der Waals surface area contributed by atoms with Gasteiger partial charge in [0.15, 0.2) is 0 Å². The maximum absolute atomic E-state index is 12.8. The zero-order valence-corrected chi connectivity index (χ0v) is 23.9. The van der Waals surface area contributed by atoms with Crippen LogP contribution < -0.4 is 4.74 Å². The summed E-state index contributed by atoms with van der Waals surface area (Å²) < 4.78 is 5.41. The van der Waals surface area contributed by atoms with E-state index in [0.29, 0.717) is 12.8 Å². The van der Waals surface area contributed by atoms with Gasteiger partial charge in [-0.3, -0.25) is 9.59 Å². The Balaban J connectivity index is 2.33. The second-order valence-corrected chi connectivity index (χ2v) is 9.89. The number of carbonyl (C=O) groups excluding carboxylic acids is 2. The Morgan fingerprint density at radius 3 is 1.90 bits per heavy atom. The monoisotopic (exact) mass is 534 g/mol. The molecular formula is C34H46O5. The molecule has 0 heterocycles. The van der Waals surface area contributed by atoms with Crippen molar-refractivity contribution in [2.24, 2.45) is 11.8 Å². The van der Waals surface area contributed by atoms with Crippen molar-refractivity contribution in [2.45, 2.75) is 85.0 Å². The topological polar surface area (TPSA) is 80.7 Å². The van der Waals surface area contributed by atoms with Crippen molar-refractivity contribution in [2.75, 3.05) is 0 Å². The summed E-state index contributed by atoms with van der Waals surface area (Å²) in [6.45, 7) is 6.10. The summed E-state index contributed by atoms with van der Waals surface area (Å²) >= 11 is 0. The van der Waals surface area contributed by atoms with Gasteiger partial charge in [0.2, 0.25) is 0 Å². The van der Waals surface area contributed by atoms with Crippen molar-refractivity contribution in [3.63, 3.8) is 0 Å². The van der Waals surface area contributed by atoms with Gasteiger partial charge in [-0.15, -0.1) is 0 Å². The minimum absolute atomic E-state index is 0.00889. The summed E-state index contributed by atoms with van der Waals surface area (Å²) in [6.07, 6.45) is 29.0. The van der Waals surface area contributed by atoms with Crippen LogP contribution in [0.25, 0.3) is 0 Å². The zero-order valence-electron chi connectivity index (χ0n) is 23.9. The molecule has 0 aliphatic rings. The fourth-order valence-corrected chi connectivity index (χ4v) is 3.92. The van der Waals surface area contributed by atoms with Gasteiger partial charge in [0.05, 0.1) is 5.92 Å². The highest BCUT2D eigenvalue weighted by atomic mass is 16.5. The molecule has 0 fully saturated rings. The van der Waals surface area contributed by atoms with E-state index in [4.69, 9.17) is 4.74 Å². The molecule has 0 aromatic heterocycles. The first-order valence-electron chi connectivity index (χ1n) is 14.2. The molecule has 0 amide bonds. The highest BCUT2D eigenvalue weighted by Crippen LogP contribution is 2.23. The van der Waals surface area contributed by atoms with Crippen molar-refractivity contribution < 1.29 is 24.2 Å². The van der Waals surface area contributed by atoms with Crippen molar-refractivity contribution in [1.82, 2.24) is 0 Å². The number of carbonyl (C=O) groups is 3. The fraction of sp³-hybridized carbons (Fsp3) is 0.441. The van der Waals surface area contributed by atoms with Crippen molar-refractivity contribution in [3.8, 4) is 5.75 Å². The number of aromatic carboxylic acids is 1. The van der Waals surface area contributed by atoms with E-state index in [2.05, 4.69) is 67.7 Å². The molecule has 0 radical (unpaired) electrons. The number of rotatable bonds is 20. The van der Waals surface area contributed by atoms with Crippen LogP contribution in [0.15, 0.2) is 85.0 Å². The first-order valence-corrected chi connectivity index (χ1v) is 14.2. The molecule has 1 atom stereocenters. The molecule has 1 rings (SSSR count). The van der Waals surface area contributed by atoms with Gasteiger partial charge in [0, 0.05) is 12.8 Å². The highest BCUT2D eigenvalue weighted by Gasteiger charge is 2.26. The fourth-order valence-electron chi connectivity index (χ4n) is 3.92. The number of hydrogen-bond acceptors (Lipinski definition) is 4. The smallest absolute Gasteiger partial charge is 0.339 e. The van der Waals surface area contributed by atoms with Crippen molar-refractivity contribution in [1.29, 1.82) is 0 Å². The second-order valence-electron chi connectivity index (χ2n) is 9.89. The largest absolute Gasteiger partial charge is 0.478 e. The predicted molar refractivity (Wildman–Crippen MR) is 160 cm³/mol. The van der Waals surface area contributed by atoms with E-state index in [9.17, 15) is 19.5 Å². The summed E-state index contributed by atoms with van der Waals surface area (Å²) in [7, 11) is 0. The van der Waals surface area contributed by atoms with Crippen LogP contribution in [0, 0.1) is 11.8 Å². The summed E-state index contributed by atoms with van der Waals surface area (Å²) in [6, 6.07) is 6.04. The first kappa shape index (κ1) is 33.6. The molecule has 39 heavy (non-hydrogen) atoms. The van der Waals surface area contributed by atoms with Crippen LogP contribution in [0.3, 0.4) is 0 Å². The molecular weight excluding hydrogens is 488 g/mol. The number of unbranched alkanes of at least 4 members (excludes halogenated alkanes) is 1. The summed E-state index contributed by atoms with van der Waals surface area (Å²) in [5, 5.41) is 9.32. The maximum Gasteiger partial charge on any atom is 0.339 e. The van der Waals surface area contributed by atoms with Crippen LogP contribution in [0.2, 0.25) is 0 Å². The zero-order chi connectivity index (χ0) is 28.7. The molecule has 212 valence electrons. The average molecular weight is 535 g/mol. The van der Waals surface area contributed by atoms with Gasteiger partial charge in [-0.25, -0.2) is 4.79 Å². The predicted octanol–water partition coefficient (Wildman–Crippen LogP) is 8.83. The Morgan fingerprint density at radius 2 is 1.36 bits per heavy atom. The third kappa shape index (κ3) is 16.9. The van der Waals surface area contributed by atoms with Crippen LogP contribution in [-0.2, 0) is 9.59 Å². The van der Waals surface area contributed by atoms with Crippen LogP contribution in [0.5, 0.6) is 5.75 Å². The van der Waals surface area contributed by atoms with Crippen molar-refractivity contribution in [3.05, 3.63) is 90.6 Å². The van der Waals surface area contributed by atoms with Gasteiger partial charge in [-0.1, -0.05) is 93.7 Å². The van der Waals surface area contributed by atoms with Gasteiger partial charge >= 0.3 is 11.9 Å². The van der Waals surface area contributed by atoms with Gasteiger partial charge in [-0.2, -0.15) is 0 Å². The molecule has 5 heteroatoms. The number of esters is 1. The molecule has 0 spiro atoms. The number of ether oxygens (including phenoxy) is 1. The lowest BCUT2D eigenvalue weighted by molar-refractivity contribution is -0.141. The molecule has 1 unspecified atom stereocenters. The molecule has 0 bridgehead atoms. The van der Waals surface area contributed by atoms with Crippen molar-refractivity contribution >= 4 is 17.7 Å². The summed E-state index contributed by atoms with van der Waals surface area (Å²) in [5.74, 6) is -2.07. The Kier molecular flexibility index (Phi) is 18.5. The number of Topliss-reactive ketones (excluding diaryl/α,β-unsaturated/α-hetero) is 1. The van der Waals surface area contributed by atoms with E-state index in [-0.39, 0.29) is 29.4 Å². The molecule has 5 nitrogen and oxygen atoms in total.